The quantitative estimate of drug-likeness (QED) is 0.850. The highest BCUT2D eigenvalue weighted by molar-refractivity contribution is 9.10. The Labute approximate surface area is 114 Å². The Hall–Kier alpha value is -0.390. The highest BCUT2D eigenvalue weighted by Crippen LogP contribution is 2.28. The first-order valence-electron chi connectivity index (χ1n) is 5.55. The summed E-state index contributed by atoms with van der Waals surface area (Å²) in [5.74, 6) is 0.743. The molecule has 1 aliphatic heterocycles. The van der Waals surface area contributed by atoms with E-state index in [1.54, 1.807) is 6.20 Å². The number of halogens is 2. The van der Waals surface area contributed by atoms with Crippen LogP contribution in [-0.4, -0.2) is 28.2 Å². The summed E-state index contributed by atoms with van der Waals surface area (Å²) in [6.07, 6.45) is 3.57. The minimum absolute atomic E-state index is 0.0841. The summed E-state index contributed by atoms with van der Waals surface area (Å²) in [6, 6.07) is 0.348. The maximum atomic E-state index is 5.78. The summed E-state index contributed by atoms with van der Waals surface area (Å²) in [4.78, 5) is 8.07. The van der Waals surface area contributed by atoms with Crippen molar-refractivity contribution in [3.8, 4) is 0 Å². The molecule has 1 unspecified atom stereocenters. The van der Waals surface area contributed by atoms with Crippen LogP contribution in [0.2, 0.25) is 5.28 Å². The van der Waals surface area contributed by atoms with E-state index in [0.717, 1.165) is 29.7 Å². The molecule has 1 atom stereocenters. The fourth-order valence-corrected chi connectivity index (χ4v) is 2.43. The van der Waals surface area contributed by atoms with Crippen LogP contribution in [0, 0.1) is 0 Å². The molecule has 1 aromatic rings. The number of ether oxygens (including phenoxy) is 1. The lowest BCUT2D eigenvalue weighted by molar-refractivity contribution is -0.0553. The Bertz CT molecular complexity index is 414. The second-order valence-corrected chi connectivity index (χ2v) is 5.97. The number of hydrogen-bond donors (Lipinski definition) is 1. The zero-order valence-electron chi connectivity index (χ0n) is 9.83. The molecule has 0 spiro atoms. The fraction of sp³-hybridized carbons (Fsp3) is 0.636. The first-order valence-corrected chi connectivity index (χ1v) is 6.72. The lowest BCUT2D eigenvalue weighted by Crippen LogP contribution is -2.40. The van der Waals surface area contributed by atoms with Crippen LogP contribution in [0.1, 0.15) is 26.7 Å². The van der Waals surface area contributed by atoms with Crippen molar-refractivity contribution in [3.63, 3.8) is 0 Å². The van der Waals surface area contributed by atoms with Crippen molar-refractivity contribution < 1.29 is 4.74 Å². The molecule has 1 N–H and O–H groups in total. The average Bonchev–Trinajstić information content (AvgIpc) is 2.22. The molecule has 0 bridgehead atoms. The Morgan fingerprint density at radius 1 is 1.59 bits per heavy atom. The Morgan fingerprint density at radius 3 is 3.06 bits per heavy atom. The highest BCUT2D eigenvalue weighted by atomic mass is 79.9. The lowest BCUT2D eigenvalue weighted by Gasteiger charge is -2.36. The third kappa shape index (κ3) is 3.53. The maximum Gasteiger partial charge on any atom is 0.224 e. The van der Waals surface area contributed by atoms with Crippen molar-refractivity contribution in [3.05, 3.63) is 16.0 Å². The first kappa shape index (κ1) is 13.1. The second kappa shape index (κ2) is 5.08. The van der Waals surface area contributed by atoms with E-state index in [0.29, 0.717) is 6.04 Å². The van der Waals surface area contributed by atoms with E-state index in [1.807, 2.05) is 0 Å². The van der Waals surface area contributed by atoms with Gasteiger partial charge in [0.25, 0.3) is 0 Å². The third-order valence-electron chi connectivity index (χ3n) is 2.75. The molecular weight excluding hydrogens is 305 g/mol. The molecule has 4 nitrogen and oxygen atoms in total. The van der Waals surface area contributed by atoms with Crippen molar-refractivity contribution in [2.24, 2.45) is 0 Å². The molecule has 2 rings (SSSR count). The van der Waals surface area contributed by atoms with E-state index in [9.17, 15) is 0 Å². The molecule has 0 radical (unpaired) electrons. The van der Waals surface area contributed by atoms with Crippen molar-refractivity contribution in [2.75, 3.05) is 11.9 Å². The van der Waals surface area contributed by atoms with Gasteiger partial charge < -0.3 is 10.1 Å². The number of rotatable bonds is 2. The summed E-state index contributed by atoms with van der Waals surface area (Å²) in [6.45, 7) is 4.97. The van der Waals surface area contributed by atoms with E-state index in [2.05, 4.69) is 45.1 Å². The largest absolute Gasteiger partial charge is 0.375 e. The van der Waals surface area contributed by atoms with E-state index in [1.165, 1.54) is 0 Å². The molecule has 1 fully saturated rings. The number of hydrogen-bond acceptors (Lipinski definition) is 4. The van der Waals surface area contributed by atoms with E-state index in [-0.39, 0.29) is 10.9 Å². The standard InChI is InChI=1S/C11H15BrClN3O/c1-11(2)5-7(3-4-17-11)15-9-8(12)6-14-10(13)16-9/h6-7H,3-5H2,1-2H3,(H,14,15,16). The molecule has 94 valence electrons. The fourth-order valence-electron chi connectivity index (χ4n) is 2.00. The average molecular weight is 321 g/mol. The zero-order chi connectivity index (χ0) is 12.5. The van der Waals surface area contributed by atoms with Crippen molar-refractivity contribution in [2.45, 2.75) is 38.3 Å². The van der Waals surface area contributed by atoms with Gasteiger partial charge >= 0.3 is 0 Å². The van der Waals surface area contributed by atoms with Gasteiger partial charge in [0.1, 0.15) is 5.82 Å². The van der Waals surface area contributed by atoms with Gasteiger partial charge in [-0.1, -0.05) is 0 Å². The number of nitrogens with one attached hydrogen (secondary N) is 1. The van der Waals surface area contributed by atoms with E-state index >= 15 is 0 Å². The highest BCUT2D eigenvalue weighted by Gasteiger charge is 2.29. The van der Waals surface area contributed by atoms with Gasteiger partial charge in [0.05, 0.1) is 10.1 Å². The van der Waals surface area contributed by atoms with Gasteiger partial charge in [-0.3, -0.25) is 0 Å². The third-order valence-corrected chi connectivity index (χ3v) is 3.52. The smallest absolute Gasteiger partial charge is 0.224 e. The van der Waals surface area contributed by atoms with Crippen LogP contribution >= 0.6 is 27.5 Å². The predicted molar refractivity (Wildman–Crippen MR) is 71.4 cm³/mol. The minimum atomic E-state index is -0.0841. The molecular formula is C11H15BrClN3O. The van der Waals surface area contributed by atoms with Crippen LogP contribution < -0.4 is 5.32 Å². The van der Waals surface area contributed by atoms with Gasteiger partial charge in [0, 0.05) is 18.8 Å². The molecule has 1 saturated heterocycles. The zero-order valence-corrected chi connectivity index (χ0v) is 12.2. The molecule has 0 aromatic carbocycles. The molecule has 2 heterocycles. The molecule has 0 aliphatic carbocycles. The van der Waals surface area contributed by atoms with Crippen LogP contribution in [0.3, 0.4) is 0 Å². The summed E-state index contributed by atoms with van der Waals surface area (Å²) < 4.78 is 6.50. The van der Waals surface area contributed by atoms with Gasteiger partial charge in [-0.05, 0) is 54.2 Å². The summed E-state index contributed by atoms with van der Waals surface area (Å²) in [7, 11) is 0. The predicted octanol–water partition coefficient (Wildman–Crippen LogP) is 3.26. The van der Waals surface area contributed by atoms with Crippen molar-refractivity contribution >= 4 is 33.3 Å². The minimum Gasteiger partial charge on any atom is -0.375 e. The lowest BCUT2D eigenvalue weighted by atomic mass is 9.94. The summed E-state index contributed by atoms with van der Waals surface area (Å²) >= 11 is 9.19. The van der Waals surface area contributed by atoms with Crippen LogP contribution in [0.4, 0.5) is 5.82 Å². The monoisotopic (exact) mass is 319 g/mol. The van der Waals surface area contributed by atoms with Crippen molar-refractivity contribution in [1.82, 2.24) is 9.97 Å². The molecule has 17 heavy (non-hydrogen) atoms. The van der Waals surface area contributed by atoms with Gasteiger partial charge in [-0.25, -0.2) is 4.98 Å². The first-order chi connectivity index (χ1) is 7.96. The van der Waals surface area contributed by atoms with Crippen LogP contribution in [0.15, 0.2) is 10.7 Å². The Kier molecular flexibility index (Phi) is 3.90. The van der Waals surface area contributed by atoms with Gasteiger partial charge in [0.15, 0.2) is 0 Å². The molecule has 0 saturated carbocycles. The molecule has 6 heteroatoms. The maximum absolute atomic E-state index is 5.78. The molecule has 1 aliphatic rings. The van der Waals surface area contributed by atoms with Crippen molar-refractivity contribution in [1.29, 1.82) is 0 Å². The van der Waals surface area contributed by atoms with E-state index in [4.69, 9.17) is 16.3 Å². The summed E-state index contributed by atoms with van der Waals surface area (Å²) in [5, 5.41) is 3.64. The van der Waals surface area contributed by atoms with E-state index < -0.39 is 0 Å². The van der Waals surface area contributed by atoms with Gasteiger partial charge in [-0.15, -0.1) is 0 Å². The number of anilines is 1. The SMILES string of the molecule is CC1(C)CC(Nc2nc(Cl)ncc2Br)CCO1. The molecule has 0 amide bonds. The number of nitrogens with zero attached hydrogens (tertiary/aromatic N) is 2. The normalized spacial score (nSPS) is 23.4. The Balaban J connectivity index is 2.07. The Morgan fingerprint density at radius 2 is 2.35 bits per heavy atom. The van der Waals surface area contributed by atoms with Crippen LogP contribution in [0.5, 0.6) is 0 Å². The topological polar surface area (TPSA) is 47.0 Å². The second-order valence-electron chi connectivity index (χ2n) is 4.78. The molecule has 1 aromatic heterocycles. The van der Waals surface area contributed by atoms with Gasteiger partial charge in [0.2, 0.25) is 5.28 Å². The van der Waals surface area contributed by atoms with Crippen LogP contribution in [-0.2, 0) is 4.74 Å². The van der Waals surface area contributed by atoms with Gasteiger partial charge in [-0.2, -0.15) is 4.98 Å². The number of aromatic nitrogens is 2. The van der Waals surface area contributed by atoms with Crippen LogP contribution in [0.25, 0.3) is 0 Å². The summed E-state index contributed by atoms with van der Waals surface area (Å²) in [5.41, 5.74) is -0.0841.